The Morgan fingerprint density at radius 2 is 2.24 bits per heavy atom. The average Bonchev–Trinajstić information content (AvgIpc) is 2.95. The fraction of sp³-hybridized carbons (Fsp3) is 0.895. The van der Waals surface area contributed by atoms with Gasteiger partial charge >= 0.3 is 0 Å². The molecule has 25 heavy (non-hydrogen) atoms. The molecule has 3 heterocycles. The molecule has 2 N–H and O–H groups in total. The normalized spacial score (nSPS) is 31.7. The summed E-state index contributed by atoms with van der Waals surface area (Å²) in [6, 6.07) is 0.636. The van der Waals surface area contributed by atoms with Crippen molar-refractivity contribution in [1.29, 1.82) is 0 Å². The maximum atomic E-state index is 11.7. The zero-order valence-corrected chi connectivity index (χ0v) is 16.2. The maximum absolute atomic E-state index is 11.7. The molecule has 0 saturated carbocycles. The van der Waals surface area contributed by atoms with Gasteiger partial charge in [0.15, 0.2) is 5.96 Å². The van der Waals surface area contributed by atoms with Crippen LogP contribution >= 0.6 is 0 Å². The van der Waals surface area contributed by atoms with Gasteiger partial charge in [-0.3, -0.25) is 9.79 Å². The second kappa shape index (κ2) is 7.94. The minimum absolute atomic E-state index is 0.117. The fourth-order valence-electron chi connectivity index (χ4n) is 4.73. The molecule has 0 aromatic heterocycles. The van der Waals surface area contributed by atoms with E-state index in [1.54, 1.807) is 0 Å². The number of piperidine rings is 2. The molecule has 3 fully saturated rings. The second-order valence-corrected chi connectivity index (χ2v) is 8.50. The summed E-state index contributed by atoms with van der Waals surface area (Å²) in [5.41, 5.74) is 0.117. The predicted molar refractivity (Wildman–Crippen MR) is 102 cm³/mol. The number of aliphatic imine (C=N–C) groups is 1. The maximum Gasteiger partial charge on any atom is 0.220 e. The van der Waals surface area contributed by atoms with Gasteiger partial charge in [0.25, 0.3) is 0 Å². The molecule has 3 aliphatic rings. The Labute approximate surface area is 152 Å². The van der Waals surface area contributed by atoms with Crippen LogP contribution in [0.3, 0.4) is 0 Å². The van der Waals surface area contributed by atoms with Crippen molar-refractivity contribution in [2.75, 3.05) is 46.3 Å². The fourth-order valence-corrected chi connectivity index (χ4v) is 4.73. The zero-order chi connectivity index (χ0) is 17.9. The van der Waals surface area contributed by atoms with Crippen molar-refractivity contribution >= 4 is 11.9 Å². The van der Waals surface area contributed by atoms with Gasteiger partial charge in [-0.2, -0.15) is 0 Å². The third-order valence-corrected chi connectivity index (χ3v) is 6.20. The first kappa shape index (κ1) is 18.5. The van der Waals surface area contributed by atoms with E-state index in [9.17, 15) is 4.79 Å². The van der Waals surface area contributed by atoms with Crippen LogP contribution < -0.4 is 10.6 Å². The molecule has 3 aliphatic heterocycles. The number of amides is 1. The van der Waals surface area contributed by atoms with Crippen molar-refractivity contribution in [2.24, 2.45) is 16.3 Å². The first-order valence-electron chi connectivity index (χ1n) is 9.98. The standard InChI is InChI=1S/C19H35N5O/c1-15(2)23-8-4-6-16(12-23)11-21-18(20-3)24-9-5-7-19(14-24)10-17(25)22-13-19/h15-16H,4-14H2,1-3H3,(H,20,21)(H,22,25). The number of likely N-dealkylation sites (tertiary alicyclic amines) is 2. The smallest absolute Gasteiger partial charge is 0.220 e. The minimum Gasteiger partial charge on any atom is -0.356 e. The molecule has 0 bridgehead atoms. The van der Waals surface area contributed by atoms with Crippen molar-refractivity contribution in [1.82, 2.24) is 20.4 Å². The van der Waals surface area contributed by atoms with Gasteiger partial charge in [0.2, 0.25) is 5.91 Å². The number of carbonyl (C=O) groups excluding carboxylic acids is 1. The number of nitrogens with zero attached hydrogens (tertiary/aromatic N) is 3. The van der Waals surface area contributed by atoms with Gasteiger partial charge in [-0.05, 0) is 52.0 Å². The van der Waals surface area contributed by atoms with Crippen LogP contribution in [0.25, 0.3) is 0 Å². The van der Waals surface area contributed by atoms with Gasteiger partial charge < -0.3 is 20.4 Å². The largest absolute Gasteiger partial charge is 0.356 e. The monoisotopic (exact) mass is 349 g/mol. The lowest BCUT2D eigenvalue weighted by Gasteiger charge is -2.41. The van der Waals surface area contributed by atoms with E-state index in [2.05, 4.69) is 39.3 Å². The topological polar surface area (TPSA) is 60.0 Å². The third kappa shape index (κ3) is 4.46. The molecule has 3 rings (SSSR count). The van der Waals surface area contributed by atoms with Crippen molar-refractivity contribution in [3.8, 4) is 0 Å². The van der Waals surface area contributed by atoms with E-state index in [1.165, 1.54) is 25.9 Å². The van der Waals surface area contributed by atoms with E-state index in [0.717, 1.165) is 45.0 Å². The number of rotatable bonds is 3. The Kier molecular flexibility index (Phi) is 5.87. The molecular formula is C19H35N5O. The number of carbonyl (C=O) groups is 1. The molecule has 0 radical (unpaired) electrons. The summed E-state index contributed by atoms with van der Waals surface area (Å²) >= 11 is 0. The molecule has 2 atom stereocenters. The summed E-state index contributed by atoms with van der Waals surface area (Å²) in [5, 5.41) is 6.66. The molecule has 142 valence electrons. The van der Waals surface area contributed by atoms with Crippen LogP contribution in [0.1, 0.15) is 46.0 Å². The summed E-state index contributed by atoms with van der Waals surface area (Å²) in [7, 11) is 1.88. The summed E-state index contributed by atoms with van der Waals surface area (Å²) in [5.74, 6) is 1.92. The highest BCUT2D eigenvalue weighted by Gasteiger charge is 2.42. The molecule has 1 amide bonds. The molecular weight excluding hydrogens is 314 g/mol. The molecule has 0 aromatic carbocycles. The Bertz CT molecular complexity index is 506. The molecule has 3 saturated heterocycles. The van der Waals surface area contributed by atoms with E-state index < -0.39 is 0 Å². The molecule has 0 aromatic rings. The third-order valence-electron chi connectivity index (χ3n) is 6.20. The minimum atomic E-state index is 0.117. The van der Waals surface area contributed by atoms with Gasteiger partial charge in [0.1, 0.15) is 0 Å². The summed E-state index contributed by atoms with van der Waals surface area (Å²) in [6.07, 6.45) is 5.55. The van der Waals surface area contributed by atoms with Crippen molar-refractivity contribution in [3.63, 3.8) is 0 Å². The lowest BCUT2D eigenvalue weighted by molar-refractivity contribution is -0.119. The van der Waals surface area contributed by atoms with Crippen molar-refractivity contribution in [2.45, 2.75) is 52.0 Å². The summed E-state index contributed by atoms with van der Waals surface area (Å²) in [6.45, 7) is 10.8. The average molecular weight is 350 g/mol. The van der Waals surface area contributed by atoms with Gasteiger partial charge in [-0.1, -0.05) is 0 Å². The molecule has 0 aliphatic carbocycles. The molecule has 6 nitrogen and oxygen atoms in total. The van der Waals surface area contributed by atoms with Crippen LogP contribution in [0, 0.1) is 11.3 Å². The van der Waals surface area contributed by atoms with Gasteiger partial charge in [0.05, 0.1) is 0 Å². The predicted octanol–water partition coefficient (Wildman–Crippen LogP) is 1.28. The van der Waals surface area contributed by atoms with E-state index in [1.807, 2.05) is 7.05 Å². The first-order chi connectivity index (χ1) is 12.0. The SMILES string of the molecule is CN=C(NCC1CCCN(C(C)C)C1)N1CCCC2(CNC(=O)C2)C1. The van der Waals surface area contributed by atoms with E-state index in [4.69, 9.17) is 0 Å². The van der Waals surface area contributed by atoms with Crippen molar-refractivity contribution in [3.05, 3.63) is 0 Å². The second-order valence-electron chi connectivity index (χ2n) is 8.50. The van der Waals surface area contributed by atoms with Gasteiger partial charge in [-0.25, -0.2) is 0 Å². The van der Waals surface area contributed by atoms with Crippen LogP contribution in [-0.2, 0) is 4.79 Å². The van der Waals surface area contributed by atoms with Crippen LogP contribution in [0.5, 0.6) is 0 Å². The van der Waals surface area contributed by atoms with E-state index in [0.29, 0.717) is 18.4 Å². The number of guanidine groups is 1. The highest BCUT2D eigenvalue weighted by Crippen LogP contribution is 2.36. The van der Waals surface area contributed by atoms with E-state index >= 15 is 0 Å². The van der Waals surface area contributed by atoms with Gasteiger partial charge in [0, 0.05) is 57.6 Å². The van der Waals surface area contributed by atoms with Crippen molar-refractivity contribution < 1.29 is 4.79 Å². The quantitative estimate of drug-likeness (QED) is 0.595. The Morgan fingerprint density at radius 1 is 1.40 bits per heavy atom. The zero-order valence-electron chi connectivity index (χ0n) is 16.2. The lowest BCUT2D eigenvalue weighted by Crippen LogP contribution is -2.52. The highest BCUT2D eigenvalue weighted by atomic mass is 16.1. The van der Waals surface area contributed by atoms with Crippen LogP contribution in [0.4, 0.5) is 0 Å². The number of nitrogens with one attached hydrogen (secondary N) is 2. The van der Waals surface area contributed by atoms with Crippen LogP contribution in [0.15, 0.2) is 4.99 Å². The summed E-state index contributed by atoms with van der Waals surface area (Å²) < 4.78 is 0. The summed E-state index contributed by atoms with van der Waals surface area (Å²) in [4.78, 5) is 21.2. The number of hydrogen-bond acceptors (Lipinski definition) is 3. The van der Waals surface area contributed by atoms with Crippen LogP contribution in [0.2, 0.25) is 0 Å². The van der Waals surface area contributed by atoms with E-state index in [-0.39, 0.29) is 11.3 Å². The Morgan fingerprint density at radius 3 is 2.92 bits per heavy atom. The lowest BCUT2D eigenvalue weighted by atomic mass is 9.79. The number of hydrogen-bond donors (Lipinski definition) is 2. The molecule has 6 heteroatoms. The Balaban J connectivity index is 1.53. The molecule has 1 spiro atoms. The molecule has 2 unspecified atom stereocenters. The van der Waals surface area contributed by atoms with Gasteiger partial charge in [-0.15, -0.1) is 0 Å². The Hall–Kier alpha value is -1.30. The highest BCUT2D eigenvalue weighted by molar-refractivity contribution is 5.81. The van der Waals surface area contributed by atoms with Crippen LogP contribution in [-0.4, -0.2) is 74.0 Å². The first-order valence-corrected chi connectivity index (χ1v) is 9.98.